The normalized spacial score (nSPS) is 17.7. The lowest BCUT2D eigenvalue weighted by Gasteiger charge is -2.34. The standard InChI is InChI=1S/C21H27N3O6S.ClH/c1-29-18-4-6-19(7-5-18)31(27,28)24(15-16-8-11-22-12-9-16)20(21(25)23-26)17-3-2-13-30-14-10-17;/h4-9,11-12,17,20,26H,2-3,10,13-15H2,1H3,(H,23,25);1H/t17?,20-;/m1./s1. The third-order valence-corrected chi connectivity index (χ3v) is 7.23. The number of sulfonamides is 1. The van der Waals surface area contributed by atoms with Gasteiger partial charge in [-0.15, -0.1) is 12.4 Å². The number of pyridine rings is 1. The molecule has 0 radical (unpaired) electrons. The Kier molecular flexibility index (Phi) is 9.85. The van der Waals surface area contributed by atoms with Gasteiger partial charge < -0.3 is 9.47 Å². The van der Waals surface area contributed by atoms with Crippen LogP contribution >= 0.6 is 12.4 Å². The van der Waals surface area contributed by atoms with Crippen LogP contribution in [-0.2, 0) is 26.1 Å². The van der Waals surface area contributed by atoms with Gasteiger partial charge in [0.2, 0.25) is 10.0 Å². The van der Waals surface area contributed by atoms with E-state index in [4.69, 9.17) is 9.47 Å². The first kappa shape index (κ1) is 26.0. The zero-order valence-electron chi connectivity index (χ0n) is 17.7. The number of hydrogen-bond acceptors (Lipinski definition) is 7. The van der Waals surface area contributed by atoms with Gasteiger partial charge in [-0.2, -0.15) is 4.31 Å². The van der Waals surface area contributed by atoms with E-state index in [2.05, 4.69) is 4.98 Å². The first-order valence-electron chi connectivity index (χ1n) is 10.0. The van der Waals surface area contributed by atoms with Crippen LogP contribution in [0.4, 0.5) is 0 Å². The minimum Gasteiger partial charge on any atom is -0.497 e. The predicted octanol–water partition coefficient (Wildman–Crippen LogP) is 2.39. The average molecular weight is 486 g/mol. The minimum absolute atomic E-state index is 0. The summed E-state index contributed by atoms with van der Waals surface area (Å²) < 4.78 is 39.2. The Morgan fingerprint density at radius 1 is 1.22 bits per heavy atom. The van der Waals surface area contributed by atoms with Crippen molar-refractivity contribution in [2.24, 2.45) is 5.92 Å². The van der Waals surface area contributed by atoms with Crippen LogP contribution in [0.1, 0.15) is 24.8 Å². The molecule has 2 heterocycles. The highest BCUT2D eigenvalue weighted by molar-refractivity contribution is 7.89. The molecule has 0 spiro atoms. The molecular weight excluding hydrogens is 458 g/mol. The molecule has 1 fully saturated rings. The van der Waals surface area contributed by atoms with Gasteiger partial charge in [0.05, 0.1) is 12.0 Å². The molecule has 0 bridgehead atoms. The molecule has 0 saturated carbocycles. The molecule has 1 aromatic heterocycles. The molecule has 1 aliphatic heterocycles. The Morgan fingerprint density at radius 2 is 1.91 bits per heavy atom. The van der Waals surface area contributed by atoms with Gasteiger partial charge in [-0.1, -0.05) is 0 Å². The number of aromatic nitrogens is 1. The minimum atomic E-state index is -4.10. The van der Waals surface area contributed by atoms with E-state index >= 15 is 0 Å². The van der Waals surface area contributed by atoms with Gasteiger partial charge in [-0.25, -0.2) is 13.9 Å². The van der Waals surface area contributed by atoms with Crippen LogP contribution in [0.5, 0.6) is 5.75 Å². The first-order chi connectivity index (χ1) is 15.0. The molecule has 11 heteroatoms. The van der Waals surface area contributed by atoms with E-state index in [1.54, 1.807) is 42.1 Å². The van der Waals surface area contributed by atoms with Crippen molar-refractivity contribution >= 4 is 28.3 Å². The number of hydroxylamine groups is 1. The summed E-state index contributed by atoms with van der Waals surface area (Å²) in [5.41, 5.74) is 2.35. The molecule has 2 atom stereocenters. The summed E-state index contributed by atoms with van der Waals surface area (Å²) in [4.78, 5) is 16.8. The van der Waals surface area contributed by atoms with Crippen molar-refractivity contribution < 1.29 is 27.9 Å². The second-order valence-electron chi connectivity index (χ2n) is 7.31. The van der Waals surface area contributed by atoms with Gasteiger partial charge in [0.15, 0.2) is 0 Å². The second kappa shape index (κ2) is 12.1. The Morgan fingerprint density at radius 3 is 2.53 bits per heavy atom. The summed E-state index contributed by atoms with van der Waals surface area (Å²) in [5, 5.41) is 9.45. The summed E-state index contributed by atoms with van der Waals surface area (Å²) in [6, 6.07) is 8.28. The van der Waals surface area contributed by atoms with E-state index in [1.165, 1.54) is 19.2 Å². The highest BCUT2D eigenvalue weighted by Crippen LogP contribution is 2.30. The lowest BCUT2D eigenvalue weighted by atomic mass is 9.91. The fourth-order valence-corrected chi connectivity index (χ4v) is 5.41. The van der Waals surface area contributed by atoms with E-state index in [0.717, 1.165) is 4.31 Å². The number of benzene rings is 1. The SMILES string of the molecule is COc1ccc(S(=O)(=O)N(Cc2ccncc2)[C@@H](C(=O)NO)C2CCCOCC2)cc1.Cl. The monoisotopic (exact) mass is 485 g/mol. The Balaban J connectivity index is 0.00000363. The lowest BCUT2D eigenvalue weighted by molar-refractivity contribution is -0.135. The molecule has 1 aliphatic rings. The molecule has 3 rings (SSSR count). The smallest absolute Gasteiger partial charge is 0.262 e. The maximum Gasteiger partial charge on any atom is 0.262 e. The fourth-order valence-electron chi connectivity index (χ4n) is 3.77. The maximum absolute atomic E-state index is 13.7. The number of rotatable bonds is 8. The summed E-state index contributed by atoms with van der Waals surface area (Å²) in [6.45, 7) is 0.928. The van der Waals surface area contributed by atoms with Crippen molar-refractivity contribution in [3.63, 3.8) is 0 Å². The van der Waals surface area contributed by atoms with Crippen LogP contribution < -0.4 is 10.2 Å². The van der Waals surface area contributed by atoms with Gasteiger partial charge in [-0.3, -0.25) is 15.0 Å². The van der Waals surface area contributed by atoms with Crippen molar-refractivity contribution in [2.45, 2.75) is 36.7 Å². The molecule has 2 N–H and O–H groups in total. The molecule has 176 valence electrons. The quantitative estimate of drug-likeness (QED) is 0.435. The van der Waals surface area contributed by atoms with Crippen molar-refractivity contribution in [1.82, 2.24) is 14.8 Å². The van der Waals surface area contributed by atoms with Crippen LogP contribution in [-0.4, -0.2) is 55.2 Å². The number of nitrogens with zero attached hydrogens (tertiary/aromatic N) is 2. The summed E-state index contributed by atoms with van der Waals surface area (Å²) >= 11 is 0. The largest absolute Gasteiger partial charge is 0.497 e. The highest BCUT2D eigenvalue weighted by atomic mass is 35.5. The lowest BCUT2D eigenvalue weighted by Crippen LogP contribution is -2.52. The predicted molar refractivity (Wildman–Crippen MR) is 119 cm³/mol. The molecule has 32 heavy (non-hydrogen) atoms. The number of methoxy groups -OCH3 is 1. The first-order valence-corrected chi connectivity index (χ1v) is 11.5. The third-order valence-electron chi connectivity index (χ3n) is 5.39. The number of amides is 1. The number of nitrogens with one attached hydrogen (secondary N) is 1. The fraction of sp³-hybridized carbons (Fsp3) is 0.429. The van der Waals surface area contributed by atoms with E-state index in [1.807, 2.05) is 0 Å². The topological polar surface area (TPSA) is 118 Å². The zero-order chi connectivity index (χ0) is 22.3. The van der Waals surface area contributed by atoms with Gasteiger partial charge >= 0.3 is 0 Å². The van der Waals surface area contributed by atoms with E-state index in [0.29, 0.717) is 43.8 Å². The van der Waals surface area contributed by atoms with Crippen molar-refractivity contribution in [2.75, 3.05) is 20.3 Å². The molecule has 1 amide bonds. The van der Waals surface area contributed by atoms with Crippen LogP contribution in [0.25, 0.3) is 0 Å². The summed E-state index contributed by atoms with van der Waals surface area (Å²) in [5.74, 6) is -0.562. The number of carbonyl (C=O) groups excluding carboxylic acids is 1. The van der Waals surface area contributed by atoms with Gasteiger partial charge in [-0.05, 0) is 67.1 Å². The molecule has 1 unspecified atom stereocenters. The molecule has 2 aromatic rings. The molecular formula is C21H28ClN3O6S. The van der Waals surface area contributed by atoms with Crippen LogP contribution in [0, 0.1) is 5.92 Å². The Hall–Kier alpha value is -2.24. The van der Waals surface area contributed by atoms with E-state index < -0.39 is 22.0 Å². The number of carbonyl (C=O) groups is 1. The van der Waals surface area contributed by atoms with Crippen molar-refractivity contribution in [3.05, 3.63) is 54.4 Å². The number of halogens is 1. The molecule has 1 aromatic carbocycles. The third kappa shape index (κ3) is 6.17. The Labute approximate surface area is 194 Å². The van der Waals surface area contributed by atoms with Crippen LogP contribution in [0.3, 0.4) is 0 Å². The van der Waals surface area contributed by atoms with Gasteiger partial charge in [0.1, 0.15) is 11.8 Å². The molecule has 0 aliphatic carbocycles. The average Bonchev–Trinajstić information content (AvgIpc) is 3.08. The highest BCUT2D eigenvalue weighted by Gasteiger charge is 2.41. The van der Waals surface area contributed by atoms with Gasteiger partial charge in [0.25, 0.3) is 5.91 Å². The van der Waals surface area contributed by atoms with E-state index in [-0.39, 0.29) is 29.8 Å². The van der Waals surface area contributed by atoms with Gasteiger partial charge in [0, 0.05) is 32.2 Å². The number of ether oxygens (including phenoxy) is 2. The number of hydrogen-bond donors (Lipinski definition) is 2. The summed E-state index contributed by atoms with van der Waals surface area (Å²) in [6.07, 6.45) is 4.93. The second-order valence-corrected chi connectivity index (χ2v) is 9.20. The van der Waals surface area contributed by atoms with Crippen molar-refractivity contribution in [3.8, 4) is 5.75 Å². The van der Waals surface area contributed by atoms with E-state index in [9.17, 15) is 18.4 Å². The zero-order valence-corrected chi connectivity index (χ0v) is 19.3. The molecule has 9 nitrogen and oxygen atoms in total. The maximum atomic E-state index is 13.7. The van der Waals surface area contributed by atoms with Crippen LogP contribution in [0.2, 0.25) is 0 Å². The molecule has 1 saturated heterocycles. The summed E-state index contributed by atoms with van der Waals surface area (Å²) in [7, 11) is -2.60. The Bertz CT molecular complexity index is 951. The van der Waals surface area contributed by atoms with Crippen molar-refractivity contribution in [1.29, 1.82) is 0 Å². The van der Waals surface area contributed by atoms with Crippen LogP contribution in [0.15, 0.2) is 53.7 Å².